The van der Waals surface area contributed by atoms with Crippen molar-refractivity contribution >= 4 is 0 Å². The first-order chi connectivity index (χ1) is 10.1. The van der Waals surface area contributed by atoms with Gasteiger partial charge in [0.15, 0.2) is 0 Å². The van der Waals surface area contributed by atoms with Gasteiger partial charge in [-0.25, -0.2) is 4.39 Å². The van der Waals surface area contributed by atoms with E-state index in [9.17, 15) is 4.39 Å². The SMILES string of the molecule is CCNC(c1ccc(OC(C)C)cc1)c1ccccc1F. The highest BCUT2D eigenvalue weighted by atomic mass is 19.1. The summed E-state index contributed by atoms with van der Waals surface area (Å²) in [5.41, 5.74) is 1.69. The Morgan fingerprint density at radius 3 is 2.29 bits per heavy atom. The van der Waals surface area contributed by atoms with Gasteiger partial charge in [0.2, 0.25) is 0 Å². The van der Waals surface area contributed by atoms with Crippen LogP contribution in [-0.2, 0) is 0 Å². The lowest BCUT2D eigenvalue weighted by molar-refractivity contribution is 0.242. The molecule has 0 aliphatic heterocycles. The van der Waals surface area contributed by atoms with Gasteiger partial charge in [-0.05, 0) is 44.2 Å². The minimum atomic E-state index is -0.189. The van der Waals surface area contributed by atoms with Crippen LogP contribution >= 0.6 is 0 Å². The smallest absolute Gasteiger partial charge is 0.128 e. The van der Waals surface area contributed by atoms with Crippen molar-refractivity contribution in [1.29, 1.82) is 0 Å². The van der Waals surface area contributed by atoms with Crippen molar-refractivity contribution < 1.29 is 9.13 Å². The zero-order valence-corrected chi connectivity index (χ0v) is 12.8. The van der Waals surface area contributed by atoms with Crippen molar-refractivity contribution in [2.24, 2.45) is 0 Å². The molecule has 2 aromatic carbocycles. The van der Waals surface area contributed by atoms with E-state index in [-0.39, 0.29) is 18.0 Å². The summed E-state index contributed by atoms with van der Waals surface area (Å²) in [6.45, 7) is 6.77. The van der Waals surface area contributed by atoms with Crippen LogP contribution in [0.5, 0.6) is 5.75 Å². The number of hydrogen-bond acceptors (Lipinski definition) is 2. The third-order valence-corrected chi connectivity index (χ3v) is 3.21. The minimum Gasteiger partial charge on any atom is -0.491 e. The maximum atomic E-state index is 14.0. The molecule has 0 saturated heterocycles. The molecule has 1 unspecified atom stereocenters. The molecule has 112 valence electrons. The van der Waals surface area contributed by atoms with Crippen LogP contribution in [0.25, 0.3) is 0 Å². The van der Waals surface area contributed by atoms with Crippen LogP contribution in [0.1, 0.15) is 37.9 Å². The van der Waals surface area contributed by atoms with Crippen LogP contribution in [-0.4, -0.2) is 12.6 Å². The van der Waals surface area contributed by atoms with Crippen LogP contribution in [0.3, 0.4) is 0 Å². The predicted octanol–water partition coefficient (Wildman–Crippen LogP) is 4.31. The summed E-state index contributed by atoms with van der Waals surface area (Å²) in [4.78, 5) is 0. The van der Waals surface area contributed by atoms with Gasteiger partial charge in [-0.2, -0.15) is 0 Å². The van der Waals surface area contributed by atoms with Gasteiger partial charge in [-0.1, -0.05) is 37.3 Å². The Kier molecular flexibility index (Phi) is 5.34. The molecular weight excluding hydrogens is 265 g/mol. The topological polar surface area (TPSA) is 21.3 Å². The van der Waals surface area contributed by atoms with E-state index in [0.717, 1.165) is 17.9 Å². The lowest BCUT2D eigenvalue weighted by Crippen LogP contribution is -2.23. The van der Waals surface area contributed by atoms with Crippen LogP contribution < -0.4 is 10.1 Å². The first-order valence-electron chi connectivity index (χ1n) is 7.36. The molecule has 0 radical (unpaired) electrons. The van der Waals surface area contributed by atoms with E-state index in [2.05, 4.69) is 5.32 Å². The summed E-state index contributed by atoms with van der Waals surface area (Å²) in [5.74, 6) is 0.642. The van der Waals surface area contributed by atoms with E-state index >= 15 is 0 Å². The Bertz CT molecular complexity index is 566. The van der Waals surface area contributed by atoms with Crippen LogP contribution in [0.4, 0.5) is 4.39 Å². The molecule has 0 saturated carbocycles. The summed E-state index contributed by atoms with van der Waals surface area (Å²) in [6.07, 6.45) is 0.145. The summed E-state index contributed by atoms with van der Waals surface area (Å²) in [7, 11) is 0. The lowest BCUT2D eigenvalue weighted by atomic mass is 9.98. The molecular formula is C18H22FNO. The highest BCUT2D eigenvalue weighted by molar-refractivity contribution is 5.36. The number of rotatable bonds is 6. The van der Waals surface area contributed by atoms with Gasteiger partial charge in [0, 0.05) is 5.56 Å². The zero-order chi connectivity index (χ0) is 15.2. The molecule has 3 heteroatoms. The highest BCUT2D eigenvalue weighted by Gasteiger charge is 2.16. The largest absolute Gasteiger partial charge is 0.491 e. The summed E-state index contributed by atoms with van der Waals surface area (Å²) in [5, 5.41) is 3.34. The Balaban J connectivity index is 2.28. The number of halogens is 1. The van der Waals surface area contributed by atoms with Gasteiger partial charge in [0.25, 0.3) is 0 Å². The molecule has 0 aliphatic carbocycles. The third-order valence-electron chi connectivity index (χ3n) is 3.21. The molecule has 0 spiro atoms. The number of ether oxygens (including phenoxy) is 1. The molecule has 0 aliphatic rings. The molecule has 21 heavy (non-hydrogen) atoms. The molecule has 2 aromatic rings. The quantitative estimate of drug-likeness (QED) is 0.854. The van der Waals surface area contributed by atoms with Gasteiger partial charge in [0.05, 0.1) is 12.1 Å². The van der Waals surface area contributed by atoms with E-state index in [1.54, 1.807) is 6.07 Å². The number of benzene rings is 2. The maximum Gasteiger partial charge on any atom is 0.128 e. The monoisotopic (exact) mass is 287 g/mol. The highest BCUT2D eigenvalue weighted by Crippen LogP contribution is 2.26. The Hall–Kier alpha value is -1.87. The minimum absolute atomic E-state index is 0.145. The zero-order valence-electron chi connectivity index (χ0n) is 12.8. The van der Waals surface area contributed by atoms with Crippen molar-refractivity contribution in [2.75, 3.05) is 6.54 Å². The van der Waals surface area contributed by atoms with Crippen molar-refractivity contribution in [3.63, 3.8) is 0 Å². The molecule has 0 heterocycles. The van der Waals surface area contributed by atoms with Gasteiger partial charge in [-0.15, -0.1) is 0 Å². The average Bonchev–Trinajstić information content (AvgIpc) is 2.46. The number of hydrogen-bond donors (Lipinski definition) is 1. The van der Waals surface area contributed by atoms with Gasteiger partial charge < -0.3 is 10.1 Å². The molecule has 0 bridgehead atoms. The van der Waals surface area contributed by atoms with E-state index in [4.69, 9.17) is 4.74 Å². The normalized spacial score (nSPS) is 12.4. The predicted molar refractivity (Wildman–Crippen MR) is 84.1 cm³/mol. The van der Waals surface area contributed by atoms with Crippen LogP contribution in [0.15, 0.2) is 48.5 Å². The van der Waals surface area contributed by atoms with Crippen molar-refractivity contribution in [1.82, 2.24) is 5.32 Å². The van der Waals surface area contributed by atoms with Crippen molar-refractivity contribution in [3.05, 3.63) is 65.5 Å². The fourth-order valence-electron chi connectivity index (χ4n) is 2.33. The maximum absolute atomic E-state index is 14.0. The van der Waals surface area contributed by atoms with E-state index in [1.165, 1.54) is 6.07 Å². The summed E-state index contributed by atoms with van der Waals surface area (Å²) in [6, 6.07) is 14.6. The average molecular weight is 287 g/mol. The molecule has 1 atom stereocenters. The van der Waals surface area contributed by atoms with Crippen molar-refractivity contribution in [3.8, 4) is 5.75 Å². The molecule has 2 nitrogen and oxygen atoms in total. The number of nitrogens with one attached hydrogen (secondary N) is 1. The Labute approximate surface area is 126 Å². The summed E-state index contributed by atoms with van der Waals surface area (Å²) < 4.78 is 19.7. The molecule has 2 rings (SSSR count). The Morgan fingerprint density at radius 2 is 1.71 bits per heavy atom. The second kappa shape index (κ2) is 7.23. The van der Waals surface area contributed by atoms with Gasteiger partial charge in [0.1, 0.15) is 11.6 Å². The second-order valence-corrected chi connectivity index (χ2v) is 5.25. The first-order valence-corrected chi connectivity index (χ1v) is 7.36. The molecule has 0 amide bonds. The first kappa shape index (κ1) is 15.5. The molecule has 0 fully saturated rings. The van der Waals surface area contributed by atoms with E-state index < -0.39 is 0 Å². The van der Waals surface area contributed by atoms with E-state index in [0.29, 0.717) is 5.56 Å². The van der Waals surface area contributed by atoms with Crippen LogP contribution in [0.2, 0.25) is 0 Å². The fraction of sp³-hybridized carbons (Fsp3) is 0.333. The van der Waals surface area contributed by atoms with E-state index in [1.807, 2.05) is 57.2 Å². The lowest BCUT2D eigenvalue weighted by Gasteiger charge is -2.20. The van der Waals surface area contributed by atoms with Gasteiger partial charge >= 0.3 is 0 Å². The summed E-state index contributed by atoms with van der Waals surface area (Å²) >= 11 is 0. The second-order valence-electron chi connectivity index (χ2n) is 5.25. The van der Waals surface area contributed by atoms with Crippen molar-refractivity contribution in [2.45, 2.75) is 32.9 Å². The standard InChI is InChI=1S/C18H22FNO/c1-4-20-18(16-7-5-6-8-17(16)19)14-9-11-15(12-10-14)21-13(2)3/h5-13,18,20H,4H2,1-3H3. The third kappa shape index (κ3) is 4.05. The fourth-order valence-corrected chi connectivity index (χ4v) is 2.33. The molecule has 0 aromatic heterocycles. The Morgan fingerprint density at radius 1 is 1.05 bits per heavy atom. The van der Waals surface area contributed by atoms with Crippen LogP contribution in [0, 0.1) is 5.82 Å². The van der Waals surface area contributed by atoms with Gasteiger partial charge in [-0.3, -0.25) is 0 Å². The molecule has 1 N–H and O–H groups in total.